The molecule has 1 amide bonds. The van der Waals surface area contributed by atoms with E-state index < -0.39 is 0 Å². The number of amides is 1. The third kappa shape index (κ3) is 3.01. The van der Waals surface area contributed by atoms with Gasteiger partial charge in [0.25, 0.3) is 0 Å². The van der Waals surface area contributed by atoms with Gasteiger partial charge in [-0.15, -0.1) is 0 Å². The molecule has 0 heterocycles. The minimum Gasteiger partial charge on any atom is -0.469 e. The summed E-state index contributed by atoms with van der Waals surface area (Å²) in [5.74, 6) is -0.0807. The number of hydrogen-bond donors (Lipinski definition) is 1. The van der Waals surface area contributed by atoms with Crippen molar-refractivity contribution in [1.82, 2.24) is 5.32 Å². The monoisotopic (exact) mass is 199 g/mol. The highest BCUT2D eigenvalue weighted by Crippen LogP contribution is 2.25. The molecule has 4 nitrogen and oxygen atoms in total. The molecule has 0 radical (unpaired) electrons. The van der Waals surface area contributed by atoms with Gasteiger partial charge in [0.2, 0.25) is 5.91 Å². The normalized spacial score (nSPS) is 26.7. The van der Waals surface area contributed by atoms with E-state index in [4.69, 9.17) is 0 Å². The number of hydrogen-bond acceptors (Lipinski definition) is 3. The highest BCUT2D eigenvalue weighted by molar-refractivity contribution is 5.74. The van der Waals surface area contributed by atoms with E-state index in [-0.39, 0.29) is 23.8 Å². The maximum absolute atomic E-state index is 11.2. The maximum atomic E-state index is 11.2. The van der Waals surface area contributed by atoms with E-state index in [0.29, 0.717) is 0 Å². The number of carbonyl (C=O) groups excluding carboxylic acids is 2. The molecule has 0 aromatic heterocycles. The second-order valence-electron chi connectivity index (χ2n) is 3.77. The number of nitrogens with one attached hydrogen (secondary N) is 1. The zero-order valence-corrected chi connectivity index (χ0v) is 8.71. The molecule has 1 aliphatic rings. The summed E-state index contributed by atoms with van der Waals surface area (Å²) < 4.78 is 4.68. The Bertz CT molecular complexity index is 219. The summed E-state index contributed by atoms with van der Waals surface area (Å²) in [5, 5.41) is 2.87. The van der Waals surface area contributed by atoms with Gasteiger partial charge in [0, 0.05) is 13.0 Å². The van der Waals surface area contributed by atoms with Crippen LogP contribution in [0.2, 0.25) is 0 Å². The van der Waals surface area contributed by atoms with Crippen molar-refractivity contribution < 1.29 is 14.3 Å². The van der Waals surface area contributed by atoms with Crippen molar-refractivity contribution in [3.63, 3.8) is 0 Å². The molecule has 80 valence electrons. The number of esters is 1. The second kappa shape index (κ2) is 4.98. The molecule has 0 aromatic rings. The van der Waals surface area contributed by atoms with Crippen molar-refractivity contribution >= 4 is 11.9 Å². The summed E-state index contributed by atoms with van der Waals surface area (Å²) in [6.07, 6.45) is 3.38. The molecule has 0 atom stereocenters. The fourth-order valence-corrected chi connectivity index (χ4v) is 1.93. The summed E-state index contributed by atoms with van der Waals surface area (Å²) in [6, 6.07) is 0.244. The van der Waals surface area contributed by atoms with Crippen molar-refractivity contribution in [2.45, 2.75) is 38.6 Å². The summed E-state index contributed by atoms with van der Waals surface area (Å²) >= 11 is 0. The van der Waals surface area contributed by atoms with Gasteiger partial charge in [-0.3, -0.25) is 9.59 Å². The molecule has 0 bridgehead atoms. The lowest BCUT2D eigenvalue weighted by atomic mass is 9.86. The van der Waals surface area contributed by atoms with Gasteiger partial charge in [0.15, 0.2) is 0 Å². The largest absolute Gasteiger partial charge is 0.469 e. The van der Waals surface area contributed by atoms with Crippen molar-refractivity contribution in [3.05, 3.63) is 0 Å². The Morgan fingerprint density at radius 3 is 2.21 bits per heavy atom. The third-order valence-electron chi connectivity index (χ3n) is 2.67. The minimum atomic E-state index is -0.119. The molecule has 1 fully saturated rings. The first-order chi connectivity index (χ1) is 6.63. The average Bonchev–Trinajstić information content (AvgIpc) is 2.17. The van der Waals surface area contributed by atoms with E-state index in [0.717, 1.165) is 25.7 Å². The van der Waals surface area contributed by atoms with Gasteiger partial charge < -0.3 is 10.1 Å². The van der Waals surface area contributed by atoms with E-state index in [1.54, 1.807) is 0 Å². The Kier molecular flexibility index (Phi) is 3.92. The molecule has 0 unspecified atom stereocenters. The minimum absolute atomic E-state index is 0.00604. The predicted octanol–water partition coefficient (Wildman–Crippen LogP) is 0.854. The fourth-order valence-electron chi connectivity index (χ4n) is 1.93. The summed E-state index contributed by atoms with van der Waals surface area (Å²) in [4.78, 5) is 22.0. The Morgan fingerprint density at radius 1 is 1.21 bits per heavy atom. The Hall–Kier alpha value is -1.06. The van der Waals surface area contributed by atoms with Gasteiger partial charge in [-0.1, -0.05) is 0 Å². The van der Waals surface area contributed by atoms with Crippen LogP contribution in [0.4, 0.5) is 0 Å². The molecule has 1 saturated carbocycles. The van der Waals surface area contributed by atoms with Gasteiger partial charge in [0.1, 0.15) is 0 Å². The van der Waals surface area contributed by atoms with Crippen LogP contribution in [0.25, 0.3) is 0 Å². The molecule has 1 aliphatic carbocycles. The Morgan fingerprint density at radius 2 is 1.79 bits per heavy atom. The lowest BCUT2D eigenvalue weighted by Gasteiger charge is -2.27. The van der Waals surface area contributed by atoms with Crippen LogP contribution in [0.5, 0.6) is 0 Å². The molecule has 0 aliphatic heterocycles. The first kappa shape index (κ1) is 11.0. The van der Waals surface area contributed by atoms with Crippen molar-refractivity contribution in [3.8, 4) is 0 Å². The van der Waals surface area contributed by atoms with Crippen LogP contribution in [0, 0.1) is 5.92 Å². The highest BCUT2D eigenvalue weighted by atomic mass is 16.5. The van der Waals surface area contributed by atoms with Gasteiger partial charge in [-0.25, -0.2) is 0 Å². The second-order valence-corrected chi connectivity index (χ2v) is 3.77. The lowest BCUT2D eigenvalue weighted by Crippen LogP contribution is -2.37. The van der Waals surface area contributed by atoms with E-state index in [1.807, 2.05) is 0 Å². The highest BCUT2D eigenvalue weighted by Gasteiger charge is 2.26. The average molecular weight is 199 g/mol. The number of carbonyl (C=O) groups is 2. The van der Waals surface area contributed by atoms with Crippen molar-refractivity contribution in [2.75, 3.05) is 7.11 Å². The van der Waals surface area contributed by atoms with Crippen LogP contribution >= 0.6 is 0 Å². The van der Waals surface area contributed by atoms with Crippen LogP contribution in [0.3, 0.4) is 0 Å². The van der Waals surface area contributed by atoms with Crippen LogP contribution < -0.4 is 5.32 Å². The first-order valence-electron chi connectivity index (χ1n) is 4.98. The lowest BCUT2D eigenvalue weighted by molar-refractivity contribution is -0.146. The van der Waals surface area contributed by atoms with Gasteiger partial charge in [-0.2, -0.15) is 0 Å². The van der Waals surface area contributed by atoms with Crippen molar-refractivity contribution in [2.24, 2.45) is 5.92 Å². The molecule has 0 spiro atoms. The van der Waals surface area contributed by atoms with Crippen molar-refractivity contribution in [1.29, 1.82) is 0 Å². The topological polar surface area (TPSA) is 55.4 Å². The fraction of sp³-hybridized carbons (Fsp3) is 0.800. The van der Waals surface area contributed by atoms with Gasteiger partial charge in [0.05, 0.1) is 13.0 Å². The zero-order chi connectivity index (χ0) is 10.6. The molecule has 1 N–H and O–H groups in total. The molecule has 4 heteroatoms. The molecule has 0 aromatic carbocycles. The Labute approximate surface area is 84.0 Å². The zero-order valence-electron chi connectivity index (χ0n) is 8.71. The standard InChI is InChI=1S/C10H17NO3/c1-7(12)11-9-5-3-8(4-6-9)10(13)14-2/h8-9H,3-6H2,1-2H3,(H,11,12). The summed E-state index contributed by atoms with van der Waals surface area (Å²) in [6.45, 7) is 1.52. The number of ether oxygens (including phenoxy) is 1. The van der Waals surface area contributed by atoms with Gasteiger partial charge >= 0.3 is 5.97 Å². The smallest absolute Gasteiger partial charge is 0.308 e. The number of rotatable bonds is 2. The van der Waals surface area contributed by atoms with Crippen LogP contribution in [0.1, 0.15) is 32.6 Å². The van der Waals surface area contributed by atoms with Crippen LogP contribution in [0.15, 0.2) is 0 Å². The van der Waals surface area contributed by atoms with E-state index in [2.05, 4.69) is 10.1 Å². The predicted molar refractivity (Wildman–Crippen MR) is 51.6 cm³/mol. The Balaban J connectivity index is 2.31. The molecule has 14 heavy (non-hydrogen) atoms. The van der Waals surface area contributed by atoms with E-state index in [9.17, 15) is 9.59 Å². The van der Waals surface area contributed by atoms with E-state index >= 15 is 0 Å². The summed E-state index contributed by atoms with van der Waals surface area (Å²) in [7, 11) is 1.42. The first-order valence-corrected chi connectivity index (χ1v) is 4.98. The summed E-state index contributed by atoms with van der Waals surface area (Å²) in [5.41, 5.74) is 0. The molecule has 0 saturated heterocycles. The van der Waals surface area contributed by atoms with Gasteiger partial charge in [-0.05, 0) is 25.7 Å². The van der Waals surface area contributed by atoms with E-state index in [1.165, 1.54) is 14.0 Å². The van der Waals surface area contributed by atoms with Crippen LogP contribution in [-0.4, -0.2) is 25.0 Å². The van der Waals surface area contributed by atoms with Crippen LogP contribution in [-0.2, 0) is 14.3 Å². The molecular weight excluding hydrogens is 182 g/mol. The SMILES string of the molecule is COC(=O)C1CCC(NC(C)=O)CC1. The molecule has 1 rings (SSSR count). The third-order valence-corrected chi connectivity index (χ3v) is 2.67. The molecular formula is C10H17NO3. The quantitative estimate of drug-likeness (QED) is 0.671. The maximum Gasteiger partial charge on any atom is 0.308 e. The number of methoxy groups -OCH3 is 1.